The first kappa shape index (κ1) is 21.1. The van der Waals surface area contributed by atoms with Crippen LogP contribution in [0.2, 0.25) is 10.2 Å². The van der Waals surface area contributed by atoms with Crippen LogP contribution >= 0.6 is 35.0 Å². The number of aromatic nitrogens is 4. The number of nitrogens with zero attached hydrogens (tertiary/aromatic N) is 5. The quantitative estimate of drug-likeness (QED) is 0.549. The second kappa shape index (κ2) is 7.97. The molecule has 5 heterocycles. The third-order valence-electron chi connectivity index (χ3n) is 6.39. The average Bonchev–Trinajstić information content (AvgIpc) is 3.35. The minimum atomic E-state index is 0.0665. The van der Waals surface area contributed by atoms with Crippen LogP contribution in [0.5, 0.6) is 0 Å². The molecule has 8 nitrogen and oxygen atoms in total. The van der Waals surface area contributed by atoms with Gasteiger partial charge in [0.2, 0.25) is 5.95 Å². The van der Waals surface area contributed by atoms with Gasteiger partial charge in [-0.3, -0.25) is 4.40 Å². The summed E-state index contributed by atoms with van der Waals surface area (Å²) in [4.78, 5) is 17.1. The lowest BCUT2D eigenvalue weighted by atomic mass is 9.73. The highest BCUT2D eigenvalue weighted by atomic mass is 35.5. The number of hydrogen-bond acceptors (Lipinski definition) is 8. The Labute approximate surface area is 194 Å². The zero-order valence-electron chi connectivity index (χ0n) is 17.0. The van der Waals surface area contributed by atoms with Crippen LogP contribution in [0.4, 0.5) is 11.8 Å². The number of fused-ring (bicyclic) bond motifs is 1. The Balaban J connectivity index is 1.41. The molecule has 5 rings (SSSR count). The molecule has 1 unspecified atom stereocenters. The topological polar surface area (TPSA) is 108 Å². The van der Waals surface area contributed by atoms with Gasteiger partial charge >= 0.3 is 0 Å². The summed E-state index contributed by atoms with van der Waals surface area (Å²) in [6.45, 7) is 4.55. The van der Waals surface area contributed by atoms with Gasteiger partial charge in [0.05, 0.1) is 22.6 Å². The number of rotatable bonds is 3. The maximum atomic E-state index is 6.46. The van der Waals surface area contributed by atoms with E-state index in [1.807, 2.05) is 16.8 Å². The summed E-state index contributed by atoms with van der Waals surface area (Å²) < 4.78 is 7.85. The van der Waals surface area contributed by atoms with Gasteiger partial charge in [-0.05, 0) is 25.8 Å². The number of anilines is 2. The molecule has 0 aromatic carbocycles. The normalized spacial score (nSPS) is 23.2. The molecule has 4 N–H and O–H groups in total. The summed E-state index contributed by atoms with van der Waals surface area (Å²) in [5.41, 5.74) is 13.2. The fourth-order valence-corrected chi connectivity index (χ4v) is 5.92. The van der Waals surface area contributed by atoms with E-state index in [0.717, 1.165) is 49.0 Å². The van der Waals surface area contributed by atoms with Crippen molar-refractivity contribution in [2.45, 2.75) is 41.7 Å². The van der Waals surface area contributed by atoms with Gasteiger partial charge in [-0.25, -0.2) is 15.0 Å². The Morgan fingerprint density at radius 1 is 1.23 bits per heavy atom. The molecule has 164 valence electrons. The molecule has 2 aliphatic rings. The summed E-state index contributed by atoms with van der Waals surface area (Å²) in [6, 6.07) is 1.78. The molecule has 0 amide bonds. The van der Waals surface area contributed by atoms with Gasteiger partial charge in [-0.1, -0.05) is 35.0 Å². The first-order valence-corrected chi connectivity index (χ1v) is 11.7. The molecule has 2 fully saturated rings. The van der Waals surface area contributed by atoms with Crippen molar-refractivity contribution in [3.8, 4) is 0 Å². The van der Waals surface area contributed by atoms with Crippen LogP contribution in [0.15, 0.2) is 34.4 Å². The molecule has 3 aromatic heterocycles. The molecule has 2 aliphatic heterocycles. The molecular weight excluding hydrogens is 457 g/mol. The summed E-state index contributed by atoms with van der Waals surface area (Å²) in [5.74, 6) is 1.18. The fourth-order valence-electron chi connectivity index (χ4n) is 4.50. The maximum Gasteiger partial charge on any atom is 0.211 e. The van der Waals surface area contributed by atoms with Gasteiger partial charge in [0.25, 0.3) is 0 Å². The van der Waals surface area contributed by atoms with E-state index >= 15 is 0 Å². The number of nitrogens with two attached hydrogens (primary N) is 2. The zero-order chi connectivity index (χ0) is 21.8. The van der Waals surface area contributed by atoms with Gasteiger partial charge in [0, 0.05) is 48.0 Å². The molecule has 0 aliphatic carbocycles. The van der Waals surface area contributed by atoms with Gasteiger partial charge < -0.3 is 21.1 Å². The Morgan fingerprint density at radius 2 is 2.00 bits per heavy atom. The van der Waals surface area contributed by atoms with E-state index in [1.54, 1.807) is 12.3 Å². The molecule has 3 aromatic rings. The van der Waals surface area contributed by atoms with Crippen LogP contribution in [0.3, 0.4) is 0 Å². The van der Waals surface area contributed by atoms with Crippen LogP contribution in [0.25, 0.3) is 5.65 Å². The van der Waals surface area contributed by atoms with Crippen molar-refractivity contribution in [2.75, 3.05) is 30.3 Å². The summed E-state index contributed by atoms with van der Waals surface area (Å²) in [7, 11) is 0. The van der Waals surface area contributed by atoms with E-state index in [0.29, 0.717) is 15.7 Å². The van der Waals surface area contributed by atoms with E-state index in [1.165, 1.54) is 11.8 Å². The second-order valence-electron chi connectivity index (χ2n) is 8.19. The second-order valence-corrected chi connectivity index (χ2v) is 10.0. The lowest BCUT2D eigenvalue weighted by Gasteiger charge is -2.41. The lowest BCUT2D eigenvalue weighted by molar-refractivity contribution is 0.0973. The average molecular weight is 480 g/mol. The minimum Gasteiger partial charge on any atom is -0.384 e. The first-order chi connectivity index (χ1) is 14.9. The molecule has 1 spiro atoms. The number of hydrogen-bond donors (Lipinski definition) is 2. The van der Waals surface area contributed by atoms with E-state index in [-0.39, 0.29) is 22.7 Å². The molecule has 0 bridgehead atoms. The highest BCUT2D eigenvalue weighted by Gasteiger charge is 2.47. The zero-order valence-corrected chi connectivity index (χ0v) is 19.3. The number of piperidine rings is 1. The molecular formula is C20H23Cl2N7OS. The van der Waals surface area contributed by atoms with Crippen molar-refractivity contribution in [1.82, 2.24) is 19.4 Å². The smallest absolute Gasteiger partial charge is 0.211 e. The van der Waals surface area contributed by atoms with Crippen molar-refractivity contribution < 1.29 is 4.74 Å². The highest BCUT2D eigenvalue weighted by Crippen LogP contribution is 2.43. The standard InChI is InChI=1S/C20H23Cl2N7OS/c1-11-16(24)20(10-30-11)2-5-28(6-3-20)19-26-9-13(18-25-4-7-29(18)19)31-12-8-14(23)27-17(22)15(12)21/h4,7-9,11,16H,2-3,5-6,10,24H2,1H3,(H2,23,27)/t11-,16?/m0/s1. The fraction of sp³-hybridized carbons (Fsp3) is 0.450. The predicted molar refractivity (Wildman–Crippen MR) is 123 cm³/mol. The van der Waals surface area contributed by atoms with Crippen LogP contribution in [0.1, 0.15) is 19.8 Å². The molecule has 2 saturated heterocycles. The Bertz CT molecular complexity index is 1130. The number of pyridine rings is 1. The third-order valence-corrected chi connectivity index (χ3v) is 8.30. The van der Waals surface area contributed by atoms with Gasteiger partial charge in [-0.2, -0.15) is 0 Å². The monoisotopic (exact) mass is 479 g/mol. The van der Waals surface area contributed by atoms with Gasteiger partial charge in [-0.15, -0.1) is 0 Å². The summed E-state index contributed by atoms with van der Waals surface area (Å²) in [5, 5.41) is 0.541. The molecule has 2 atom stereocenters. The minimum absolute atomic E-state index is 0.0665. The SMILES string of the molecule is C[C@@H]1OCC2(CCN(c3ncc(Sc4cc(N)nc(Cl)c4Cl)c4nccn34)CC2)C1N. The van der Waals surface area contributed by atoms with Crippen molar-refractivity contribution in [2.24, 2.45) is 11.1 Å². The van der Waals surface area contributed by atoms with E-state index < -0.39 is 0 Å². The van der Waals surface area contributed by atoms with Crippen molar-refractivity contribution in [3.63, 3.8) is 0 Å². The van der Waals surface area contributed by atoms with E-state index in [9.17, 15) is 0 Å². The number of halogens is 2. The van der Waals surface area contributed by atoms with Crippen LogP contribution in [0, 0.1) is 5.41 Å². The largest absolute Gasteiger partial charge is 0.384 e. The number of imidazole rings is 1. The van der Waals surface area contributed by atoms with Crippen LogP contribution in [-0.4, -0.2) is 51.2 Å². The maximum absolute atomic E-state index is 6.46. The van der Waals surface area contributed by atoms with Gasteiger partial charge in [0.15, 0.2) is 10.8 Å². The molecule has 0 saturated carbocycles. The van der Waals surface area contributed by atoms with Gasteiger partial charge in [0.1, 0.15) is 5.82 Å². The third kappa shape index (κ3) is 3.62. The molecule has 11 heteroatoms. The molecule has 0 radical (unpaired) electrons. The van der Waals surface area contributed by atoms with Crippen molar-refractivity contribution >= 4 is 52.4 Å². The van der Waals surface area contributed by atoms with Crippen LogP contribution < -0.4 is 16.4 Å². The van der Waals surface area contributed by atoms with Crippen molar-refractivity contribution in [1.29, 1.82) is 0 Å². The summed E-state index contributed by atoms with van der Waals surface area (Å²) >= 11 is 13.8. The highest BCUT2D eigenvalue weighted by molar-refractivity contribution is 7.99. The van der Waals surface area contributed by atoms with Crippen molar-refractivity contribution in [3.05, 3.63) is 34.8 Å². The molecule has 31 heavy (non-hydrogen) atoms. The van der Waals surface area contributed by atoms with E-state index in [4.69, 9.17) is 44.4 Å². The number of nitrogen functional groups attached to an aromatic ring is 1. The Morgan fingerprint density at radius 3 is 2.71 bits per heavy atom. The van der Waals surface area contributed by atoms with E-state index in [2.05, 4.69) is 21.8 Å². The summed E-state index contributed by atoms with van der Waals surface area (Å²) in [6.07, 6.45) is 7.60. The number of ether oxygens (including phenoxy) is 1. The predicted octanol–water partition coefficient (Wildman–Crippen LogP) is 3.50. The van der Waals surface area contributed by atoms with Crippen LogP contribution in [-0.2, 0) is 4.74 Å². The first-order valence-electron chi connectivity index (χ1n) is 10.1. The Kier molecular flexibility index (Phi) is 5.42. The lowest BCUT2D eigenvalue weighted by Crippen LogP contribution is -2.51. The Hall–Kier alpha value is -1.78.